The third-order valence-corrected chi connectivity index (χ3v) is 5.63. The van der Waals surface area contributed by atoms with Gasteiger partial charge in [-0.2, -0.15) is 0 Å². The standard InChI is InChI=1S/C9H21NSSi/c1-2-7-12-8-3-4-10-5-6-11-9-10/h2-9,12H2,1H3. The second-order valence-corrected chi connectivity index (χ2v) is 6.77. The largest absolute Gasteiger partial charge is 0.293 e. The Morgan fingerprint density at radius 2 is 2.33 bits per heavy atom. The van der Waals surface area contributed by atoms with Crippen LogP contribution in [0.5, 0.6) is 0 Å². The zero-order valence-corrected chi connectivity index (χ0v) is 10.5. The molecule has 0 unspecified atom stereocenters. The fraction of sp³-hybridized carbons (Fsp3) is 1.00. The van der Waals surface area contributed by atoms with E-state index in [0.717, 1.165) is 0 Å². The molecule has 0 N–H and O–H groups in total. The van der Waals surface area contributed by atoms with Crippen molar-refractivity contribution in [2.45, 2.75) is 31.9 Å². The van der Waals surface area contributed by atoms with Crippen LogP contribution in [0.2, 0.25) is 12.1 Å². The van der Waals surface area contributed by atoms with Crippen molar-refractivity contribution in [1.29, 1.82) is 0 Å². The predicted molar refractivity (Wildman–Crippen MR) is 62.0 cm³/mol. The van der Waals surface area contributed by atoms with Crippen molar-refractivity contribution in [1.82, 2.24) is 4.90 Å². The molecular formula is C9H21NSSi. The van der Waals surface area contributed by atoms with E-state index in [1.165, 1.54) is 37.6 Å². The van der Waals surface area contributed by atoms with Gasteiger partial charge in [-0.15, -0.1) is 11.8 Å². The van der Waals surface area contributed by atoms with Crippen LogP contribution in [-0.2, 0) is 0 Å². The van der Waals surface area contributed by atoms with Gasteiger partial charge in [0.25, 0.3) is 0 Å². The quantitative estimate of drug-likeness (QED) is 0.478. The van der Waals surface area contributed by atoms with Crippen LogP contribution < -0.4 is 0 Å². The SMILES string of the molecule is CCC[SiH2]CCCN1CCSC1. The smallest absolute Gasteiger partial charge is 0.0445 e. The van der Waals surface area contributed by atoms with Crippen molar-refractivity contribution < 1.29 is 0 Å². The lowest BCUT2D eigenvalue weighted by Crippen LogP contribution is -2.20. The van der Waals surface area contributed by atoms with Gasteiger partial charge in [-0.3, -0.25) is 4.90 Å². The minimum absolute atomic E-state index is 0.340. The Morgan fingerprint density at radius 1 is 1.42 bits per heavy atom. The molecule has 0 bridgehead atoms. The normalized spacial score (nSPS) is 19.8. The number of rotatable bonds is 6. The van der Waals surface area contributed by atoms with E-state index in [1.807, 2.05) is 0 Å². The summed E-state index contributed by atoms with van der Waals surface area (Å²) in [6.45, 7) is 5.04. The van der Waals surface area contributed by atoms with Crippen molar-refractivity contribution in [3.8, 4) is 0 Å². The van der Waals surface area contributed by atoms with Crippen molar-refractivity contribution in [3.05, 3.63) is 0 Å². The van der Waals surface area contributed by atoms with Crippen LogP contribution in [0.4, 0.5) is 0 Å². The molecule has 0 aliphatic carbocycles. The average molecular weight is 203 g/mol. The summed E-state index contributed by atoms with van der Waals surface area (Å²) >= 11 is 2.09. The topological polar surface area (TPSA) is 3.24 Å². The lowest BCUT2D eigenvalue weighted by Gasteiger charge is -2.12. The second-order valence-electron chi connectivity index (χ2n) is 3.57. The summed E-state index contributed by atoms with van der Waals surface area (Å²) in [6, 6.07) is 3.14. The molecule has 1 aliphatic rings. The van der Waals surface area contributed by atoms with E-state index in [2.05, 4.69) is 23.6 Å². The maximum atomic E-state index is 2.60. The van der Waals surface area contributed by atoms with Crippen LogP contribution in [0.1, 0.15) is 19.8 Å². The van der Waals surface area contributed by atoms with Gasteiger partial charge < -0.3 is 0 Å². The zero-order chi connectivity index (χ0) is 8.65. The summed E-state index contributed by atoms with van der Waals surface area (Å²) in [6.07, 6.45) is 2.90. The number of hydrogen-bond donors (Lipinski definition) is 0. The van der Waals surface area contributed by atoms with Gasteiger partial charge in [-0.25, -0.2) is 0 Å². The summed E-state index contributed by atoms with van der Waals surface area (Å²) in [5.74, 6) is 2.67. The van der Waals surface area contributed by atoms with Gasteiger partial charge in [-0.05, 0) is 13.0 Å². The maximum Gasteiger partial charge on any atom is 0.0445 e. The van der Waals surface area contributed by atoms with Crippen LogP contribution in [0.25, 0.3) is 0 Å². The Bertz CT molecular complexity index is 105. The molecule has 0 amide bonds. The molecule has 0 aromatic carbocycles. The van der Waals surface area contributed by atoms with Gasteiger partial charge >= 0.3 is 0 Å². The Hall–Kier alpha value is 0.527. The third-order valence-electron chi connectivity index (χ3n) is 2.40. The second kappa shape index (κ2) is 6.98. The van der Waals surface area contributed by atoms with Crippen molar-refractivity contribution in [2.24, 2.45) is 0 Å². The van der Waals surface area contributed by atoms with E-state index in [1.54, 1.807) is 12.1 Å². The Morgan fingerprint density at radius 3 is 3.00 bits per heavy atom. The van der Waals surface area contributed by atoms with E-state index in [-0.39, 0.29) is 0 Å². The van der Waals surface area contributed by atoms with Gasteiger partial charge in [0.1, 0.15) is 0 Å². The molecule has 1 heterocycles. The molecule has 0 aromatic heterocycles. The summed E-state index contributed by atoms with van der Waals surface area (Å²) in [7, 11) is 0.340. The number of hydrogen-bond acceptors (Lipinski definition) is 2. The molecule has 0 saturated carbocycles. The van der Waals surface area contributed by atoms with Gasteiger partial charge in [0.15, 0.2) is 0 Å². The first-order chi connectivity index (χ1) is 5.93. The molecular weight excluding hydrogens is 182 g/mol. The highest BCUT2D eigenvalue weighted by Gasteiger charge is 2.10. The third kappa shape index (κ3) is 4.53. The molecule has 1 aliphatic heterocycles. The predicted octanol–water partition coefficient (Wildman–Crippen LogP) is 1.80. The average Bonchev–Trinajstić information content (AvgIpc) is 2.57. The monoisotopic (exact) mass is 203 g/mol. The van der Waals surface area contributed by atoms with Gasteiger partial charge in [0.2, 0.25) is 0 Å². The molecule has 0 spiro atoms. The van der Waals surface area contributed by atoms with Crippen molar-refractivity contribution in [2.75, 3.05) is 24.7 Å². The van der Waals surface area contributed by atoms with Gasteiger partial charge in [0.05, 0.1) is 0 Å². The first-order valence-electron chi connectivity index (χ1n) is 5.23. The van der Waals surface area contributed by atoms with Crippen LogP contribution in [0.3, 0.4) is 0 Å². The highest BCUT2D eigenvalue weighted by Crippen LogP contribution is 2.13. The minimum atomic E-state index is 0.340. The van der Waals surface area contributed by atoms with Crippen LogP contribution >= 0.6 is 11.8 Å². The van der Waals surface area contributed by atoms with E-state index in [4.69, 9.17) is 0 Å². The molecule has 1 fully saturated rings. The fourth-order valence-electron chi connectivity index (χ4n) is 1.57. The zero-order valence-electron chi connectivity index (χ0n) is 8.22. The summed E-state index contributed by atoms with van der Waals surface area (Å²) in [5.41, 5.74) is 0. The lowest BCUT2D eigenvalue weighted by atomic mass is 10.4. The molecule has 0 aromatic rings. The molecule has 0 radical (unpaired) electrons. The van der Waals surface area contributed by atoms with Crippen LogP contribution in [0, 0.1) is 0 Å². The molecule has 3 heteroatoms. The van der Waals surface area contributed by atoms with E-state index in [0.29, 0.717) is 9.52 Å². The maximum absolute atomic E-state index is 2.60. The summed E-state index contributed by atoms with van der Waals surface area (Å²) in [4.78, 5) is 2.60. The highest BCUT2D eigenvalue weighted by molar-refractivity contribution is 7.99. The molecule has 12 heavy (non-hydrogen) atoms. The van der Waals surface area contributed by atoms with Gasteiger partial charge in [0, 0.05) is 27.7 Å². The Labute approximate surface area is 83.1 Å². The highest BCUT2D eigenvalue weighted by atomic mass is 32.2. The minimum Gasteiger partial charge on any atom is -0.293 e. The molecule has 1 nitrogen and oxygen atoms in total. The lowest BCUT2D eigenvalue weighted by molar-refractivity contribution is 0.356. The Balaban J connectivity index is 1.81. The first kappa shape index (κ1) is 10.6. The number of nitrogens with zero attached hydrogens (tertiary/aromatic N) is 1. The molecule has 1 rings (SSSR count). The molecule has 0 atom stereocenters. The van der Waals surface area contributed by atoms with Crippen molar-refractivity contribution in [3.63, 3.8) is 0 Å². The van der Waals surface area contributed by atoms with Crippen LogP contribution in [0.15, 0.2) is 0 Å². The van der Waals surface area contributed by atoms with Crippen molar-refractivity contribution >= 4 is 21.3 Å². The van der Waals surface area contributed by atoms with E-state index in [9.17, 15) is 0 Å². The van der Waals surface area contributed by atoms with E-state index < -0.39 is 0 Å². The summed E-state index contributed by atoms with van der Waals surface area (Å²) in [5, 5.41) is 0. The first-order valence-corrected chi connectivity index (χ1v) is 8.39. The van der Waals surface area contributed by atoms with E-state index >= 15 is 0 Å². The Kier molecular flexibility index (Phi) is 6.17. The number of thioether (sulfide) groups is 1. The molecule has 72 valence electrons. The van der Waals surface area contributed by atoms with Gasteiger partial charge in [-0.1, -0.05) is 25.4 Å². The molecule has 1 saturated heterocycles. The summed E-state index contributed by atoms with van der Waals surface area (Å²) < 4.78 is 0. The fourth-order valence-corrected chi connectivity index (χ4v) is 4.03. The van der Waals surface area contributed by atoms with Crippen LogP contribution in [-0.4, -0.2) is 39.1 Å².